The van der Waals surface area contributed by atoms with E-state index in [-0.39, 0.29) is 11.7 Å². The predicted octanol–water partition coefficient (Wildman–Crippen LogP) is 1.46. The smallest absolute Gasteiger partial charge is 0.251 e. The zero-order valence-electron chi connectivity index (χ0n) is 11.1. The Bertz CT molecular complexity index is 424. The summed E-state index contributed by atoms with van der Waals surface area (Å²) in [6.45, 7) is 2.42. The molecule has 106 valence electrons. The molecule has 1 aromatic carbocycles. The molecule has 0 atom stereocenters. The molecular formula is C13H19BrN2O3. The van der Waals surface area contributed by atoms with Gasteiger partial charge in [0.1, 0.15) is 5.75 Å². The van der Waals surface area contributed by atoms with Crippen LogP contribution in [0.4, 0.5) is 0 Å². The number of hydrogen-bond acceptors (Lipinski definition) is 4. The van der Waals surface area contributed by atoms with Crippen molar-refractivity contribution in [3.05, 3.63) is 28.2 Å². The van der Waals surface area contributed by atoms with Crippen molar-refractivity contribution in [2.24, 2.45) is 0 Å². The summed E-state index contributed by atoms with van der Waals surface area (Å²) in [5, 5.41) is 12.2. The van der Waals surface area contributed by atoms with Gasteiger partial charge in [-0.05, 0) is 48.2 Å². The number of phenols is 1. The molecule has 19 heavy (non-hydrogen) atoms. The van der Waals surface area contributed by atoms with Crippen LogP contribution in [0.25, 0.3) is 0 Å². The standard InChI is InChI=1S/C13H19BrN2O3/c1-16(2)6-8-19-7-5-15-13(18)10-3-4-11(14)12(17)9-10/h3-4,9,17H,5-8H2,1-2H3,(H,15,18). The Hall–Kier alpha value is -1.11. The number of rotatable bonds is 7. The number of likely N-dealkylation sites (N-methyl/N-ethyl adjacent to an activating group) is 1. The average Bonchev–Trinajstić information content (AvgIpc) is 2.36. The number of nitrogens with one attached hydrogen (secondary N) is 1. The average molecular weight is 331 g/mol. The molecule has 1 aromatic rings. The minimum atomic E-state index is -0.223. The first-order valence-electron chi connectivity index (χ1n) is 6.00. The molecule has 0 bridgehead atoms. The van der Waals surface area contributed by atoms with Crippen molar-refractivity contribution in [3.63, 3.8) is 0 Å². The van der Waals surface area contributed by atoms with Crippen LogP contribution in [0.15, 0.2) is 22.7 Å². The lowest BCUT2D eigenvalue weighted by Crippen LogP contribution is -2.28. The van der Waals surface area contributed by atoms with Gasteiger partial charge in [-0.25, -0.2) is 0 Å². The molecule has 1 rings (SSSR count). The van der Waals surface area contributed by atoms with Gasteiger partial charge in [-0.2, -0.15) is 0 Å². The first kappa shape index (κ1) is 15.9. The normalized spacial score (nSPS) is 10.7. The van der Waals surface area contributed by atoms with Crippen LogP contribution < -0.4 is 5.32 Å². The van der Waals surface area contributed by atoms with Gasteiger partial charge in [-0.3, -0.25) is 4.79 Å². The second kappa shape index (κ2) is 8.14. The maximum atomic E-state index is 11.7. The summed E-state index contributed by atoms with van der Waals surface area (Å²) in [6, 6.07) is 4.70. The predicted molar refractivity (Wildman–Crippen MR) is 77.5 cm³/mol. The van der Waals surface area contributed by atoms with Crippen LogP contribution in [-0.4, -0.2) is 56.3 Å². The van der Waals surface area contributed by atoms with Crippen LogP contribution in [0.2, 0.25) is 0 Å². The van der Waals surface area contributed by atoms with Crippen molar-refractivity contribution in [3.8, 4) is 5.75 Å². The zero-order chi connectivity index (χ0) is 14.3. The van der Waals surface area contributed by atoms with E-state index in [1.165, 1.54) is 6.07 Å². The summed E-state index contributed by atoms with van der Waals surface area (Å²) in [7, 11) is 3.95. The van der Waals surface area contributed by atoms with Gasteiger partial charge in [-0.1, -0.05) is 0 Å². The van der Waals surface area contributed by atoms with E-state index in [0.29, 0.717) is 29.8 Å². The Morgan fingerprint density at radius 3 is 2.79 bits per heavy atom. The molecule has 0 heterocycles. The highest BCUT2D eigenvalue weighted by molar-refractivity contribution is 9.10. The fourth-order valence-electron chi connectivity index (χ4n) is 1.34. The monoisotopic (exact) mass is 330 g/mol. The molecule has 0 spiro atoms. The second-order valence-corrected chi connectivity index (χ2v) is 5.19. The maximum Gasteiger partial charge on any atom is 0.251 e. The first-order chi connectivity index (χ1) is 9.00. The Morgan fingerprint density at radius 1 is 1.42 bits per heavy atom. The molecule has 0 aliphatic heterocycles. The van der Waals surface area contributed by atoms with Gasteiger partial charge in [-0.15, -0.1) is 0 Å². The molecular weight excluding hydrogens is 312 g/mol. The van der Waals surface area contributed by atoms with Crippen LogP contribution in [0, 0.1) is 0 Å². The van der Waals surface area contributed by atoms with E-state index in [0.717, 1.165) is 6.54 Å². The molecule has 5 nitrogen and oxygen atoms in total. The number of carbonyl (C=O) groups is 1. The number of phenolic OH excluding ortho intramolecular Hbond substituents is 1. The van der Waals surface area contributed by atoms with E-state index in [1.54, 1.807) is 12.1 Å². The highest BCUT2D eigenvalue weighted by atomic mass is 79.9. The van der Waals surface area contributed by atoms with Crippen LogP contribution in [0.1, 0.15) is 10.4 Å². The Labute approximate surface area is 121 Å². The summed E-state index contributed by atoms with van der Waals surface area (Å²) in [5.74, 6) is -0.172. The lowest BCUT2D eigenvalue weighted by Gasteiger charge is -2.10. The third-order valence-corrected chi connectivity index (χ3v) is 3.09. The number of nitrogens with zero attached hydrogens (tertiary/aromatic N) is 1. The van der Waals surface area contributed by atoms with E-state index < -0.39 is 0 Å². The summed E-state index contributed by atoms with van der Waals surface area (Å²) in [4.78, 5) is 13.8. The van der Waals surface area contributed by atoms with E-state index in [2.05, 4.69) is 21.2 Å². The Kier molecular flexibility index (Phi) is 6.83. The van der Waals surface area contributed by atoms with Crippen molar-refractivity contribution in [1.29, 1.82) is 0 Å². The quantitative estimate of drug-likeness (QED) is 0.743. The second-order valence-electron chi connectivity index (χ2n) is 4.34. The van der Waals surface area contributed by atoms with E-state index in [9.17, 15) is 9.90 Å². The van der Waals surface area contributed by atoms with E-state index in [4.69, 9.17) is 4.74 Å². The number of hydrogen-bond donors (Lipinski definition) is 2. The van der Waals surface area contributed by atoms with Crippen molar-refractivity contribution in [1.82, 2.24) is 10.2 Å². The first-order valence-corrected chi connectivity index (χ1v) is 6.79. The van der Waals surface area contributed by atoms with Crippen molar-refractivity contribution in [2.75, 3.05) is 40.4 Å². The van der Waals surface area contributed by atoms with Gasteiger partial charge in [0.25, 0.3) is 5.91 Å². The molecule has 0 unspecified atom stereocenters. The van der Waals surface area contributed by atoms with E-state index in [1.807, 2.05) is 19.0 Å². The van der Waals surface area contributed by atoms with Crippen LogP contribution in [0.3, 0.4) is 0 Å². The molecule has 0 radical (unpaired) electrons. The Morgan fingerprint density at radius 2 is 2.16 bits per heavy atom. The molecule has 1 amide bonds. The molecule has 0 saturated heterocycles. The van der Waals surface area contributed by atoms with Crippen molar-refractivity contribution < 1.29 is 14.6 Å². The van der Waals surface area contributed by atoms with Gasteiger partial charge < -0.3 is 20.1 Å². The lowest BCUT2D eigenvalue weighted by molar-refractivity contribution is 0.0900. The number of amides is 1. The van der Waals surface area contributed by atoms with Crippen LogP contribution >= 0.6 is 15.9 Å². The molecule has 0 aromatic heterocycles. The van der Waals surface area contributed by atoms with Crippen LogP contribution in [-0.2, 0) is 4.74 Å². The fraction of sp³-hybridized carbons (Fsp3) is 0.462. The summed E-state index contributed by atoms with van der Waals surface area (Å²) in [5.41, 5.74) is 0.425. The van der Waals surface area contributed by atoms with Crippen LogP contribution in [0.5, 0.6) is 5.75 Å². The molecule has 2 N–H and O–H groups in total. The molecule has 0 saturated carbocycles. The van der Waals surface area contributed by atoms with Gasteiger partial charge in [0, 0.05) is 18.7 Å². The van der Waals surface area contributed by atoms with Crippen molar-refractivity contribution in [2.45, 2.75) is 0 Å². The molecule has 0 aliphatic rings. The maximum absolute atomic E-state index is 11.7. The van der Waals surface area contributed by atoms with Gasteiger partial charge in [0.15, 0.2) is 0 Å². The minimum absolute atomic E-state index is 0.0508. The fourth-order valence-corrected chi connectivity index (χ4v) is 1.59. The number of carbonyl (C=O) groups excluding carboxylic acids is 1. The molecule has 6 heteroatoms. The third kappa shape index (κ3) is 6.04. The minimum Gasteiger partial charge on any atom is -0.507 e. The SMILES string of the molecule is CN(C)CCOCCNC(=O)c1ccc(Br)c(O)c1. The third-order valence-electron chi connectivity index (χ3n) is 2.42. The number of ether oxygens (including phenoxy) is 1. The summed E-state index contributed by atoms with van der Waals surface area (Å²) < 4.78 is 5.93. The number of halogens is 1. The summed E-state index contributed by atoms with van der Waals surface area (Å²) >= 11 is 3.17. The Balaban J connectivity index is 2.26. The zero-order valence-corrected chi connectivity index (χ0v) is 12.7. The topological polar surface area (TPSA) is 61.8 Å². The largest absolute Gasteiger partial charge is 0.507 e. The van der Waals surface area contributed by atoms with Crippen molar-refractivity contribution >= 4 is 21.8 Å². The number of aromatic hydroxyl groups is 1. The van der Waals surface area contributed by atoms with Gasteiger partial charge in [0.05, 0.1) is 17.7 Å². The molecule has 0 aliphatic carbocycles. The highest BCUT2D eigenvalue weighted by Gasteiger charge is 2.07. The van der Waals surface area contributed by atoms with Gasteiger partial charge >= 0.3 is 0 Å². The van der Waals surface area contributed by atoms with Gasteiger partial charge in [0.2, 0.25) is 0 Å². The lowest BCUT2D eigenvalue weighted by atomic mass is 10.2. The highest BCUT2D eigenvalue weighted by Crippen LogP contribution is 2.24. The summed E-state index contributed by atoms with van der Waals surface area (Å²) in [6.07, 6.45) is 0. The number of benzene rings is 1. The molecule has 0 fully saturated rings. The van der Waals surface area contributed by atoms with E-state index >= 15 is 0 Å².